The van der Waals surface area contributed by atoms with Crippen LogP contribution in [0.3, 0.4) is 0 Å². The monoisotopic (exact) mass is 418 g/mol. The maximum atomic E-state index is 13.3. The number of pyridine rings is 2. The van der Waals surface area contributed by atoms with E-state index in [2.05, 4.69) is 25.6 Å². The summed E-state index contributed by atoms with van der Waals surface area (Å²) in [6, 6.07) is 13.1. The molecular formula is C22H19FN6O2. The van der Waals surface area contributed by atoms with Gasteiger partial charge in [0.15, 0.2) is 11.5 Å². The standard InChI is InChI=1S/C22H19FN6O2/c1-24-19(30)12-26-20-22(31)29(13-14-3-2-10-25-11-14)21-18(27-20)9-8-17(28-21)15-4-6-16(23)7-5-15/h2-11H,12-13H2,1H3,(H,24,30)(H,26,27). The number of halogens is 1. The van der Waals surface area contributed by atoms with Gasteiger partial charge in [-0.2, -0.15) is 0 Å². The third kappa shape index (κ3) is 4.40. The number of hydrogen-bond donors (Lipinski definition) is 2. The molecule has 0 aliphatic heterocycles. The smallest absolute Gasteiger partial charge is 0.295 e. The summed E-state index contributed by atoms with van der Waals surface area (Å²) in [4.78, 5) is 37.9. The Kier molecular flexibility index (Phi) is 5.65. The van der Waals surface area contributed by atoms with Gasteiger partial charge in [0.05, 0.1) is 18.8 Å². The highest BCUT2D eigenvalue weighted by molar-refractivity contribution is 5.81. The van der Waals surface area contributed by atoms with Crippen molar-refractivity contribution in [3.8, 4) is 11.3 Å². The quantitative estimate of drug-likeness (QED) is 0.498. The van der Waals surface area contributed by atoms with Crippen LogP contribution in [-0.4, -0.2) is 39.0 Å². The van der Waals surface area contributed by atoms with Crippen LogP contribution in [0.2, 0.25) is 0 Å². The Bertz CT molecular complexity index is 1290. The first-order valence-corrected chi connectivity index (χ1v) is 9.56. The topological polar surface area (TPSA) is 102 Å². The van der Waals surface area contributed by atoms with Crippen LogP contribution in [-0.2, 0) is 11.3 Å². The number of amides is 1. The second-order valence-corrected chi connectivity index (χ2v) is 6.79. The average molecular weight is 418 g/mol. The van der Waals surface area contributed by atoms with Gasteiger partial charge < -0.3 is 10.6 Å². The van der Waals surface area contributed by atoms with Gasteiger partial charge in [-0.25, -0.2) is 14.4 Å². The Morgan fingerprint density at radius 2 is 1.90 bits per heavy atom. The zero-order chi connectivity index (χ0) is 21.8. The summed E-state index contributed by atoms with van der Waals surface area (Å²) in [5, 5.41) is 5.28. The summed E-state index contributed by atoms with van der Waals surface area (Å²) in [7, 11) is 1.51. The molecule has 1 aromatic carbocycles. The van der Waals surface area contributed by atoms with Gasteiger partial charge in [0, 0.05) is 25.0 Å². The number of carbonyl (C=O) groups excluding carboxylic acids is 1. The minimum atomic E-state index is -0.413. The van der Waals surface area contributed by atoms with Gasteiger partial charge in [0.1, 0.15) is 11.3 Å². The molecule has 31 heavy (non-hydrogen) atoms. The molecule has 0 spiro atoms. The summed E-state index contributed by atoms with van der Waals surface area (Å²) in [5.41, 5.74) is 2.55. The first-order chi connectivity index (χ1) is 15.0. The van der Waals surface area contributed by atoms with E-state index in [1.807, 2.05) is 6.07 Å². The molecular weight excluding hydrogens is 399 g/mol. The van der Waals surface area contributed by atoms with Crippen molar-refractivity contribution in [2.75, 3.05) is 18.9 Å². The summed E-state index contributed by atoms with van der Waals surface area (Å²) >= 11 is 0. The van der Waals surface area contributed by atoms with Gasteiger partial charge in [-0.05, 0) is 48.0 Å². The SMILES string of the molecule is CNC(=O)CNc1nc2ccc(-c3ccc(F)cc3)nc2n(Cc2cccnc2)c1=O. The molecule has 0 aliphatic carbocycles. The van der Waals surface area contributed by atoms with Crippen LogP contribution >= 0.6 is 0 Å². The lowest BCUT2D eigenvalue weighted by atomic mass is 10.1. The number of likely N-dealkylation sites (N-methyl/N-ethyl adjacent to an activating group) is 1. The summed E-state index contributed by atoms with van der Waals surface area (Å²) in [6.45, 7) is 0.137. The van der Waals surface area contributed by atoms with Crippen molar-refractivity contribution < 1.29 is 9.18 Å². The molecule has 0 atom stereocenters. The number of nitrogens with one attached hydrogen (secondary N) is 2. The molecule has 0 aliphatic rings. The molecule has 4 rings (SSSR count). The summed E-state index contributed by atoms with van der Waals surface area (Å²) in [6.07, 6.45) is 3.32. The Hall–Kier alpha value is -4.14. The summed E-state index contributed by atoms with van der Waals surface area (Å²) < 4.78 is 14.8. The molecule has 4 aromatic rings. The third-order valence-electron chi connectivity index (χ3n) is 4.69. The largest absolute Gasteiger partial charge is 0.358 e. The molecule has 2 N–H and O–H groups in total. The van der Waals surface area contributed by atoms with E-state index in [4.69, 9.17) is 0 Å². The van der Waals surface area contributed by atoms with E-state index in [1.54, 1.807) is 42.7 Å². The second-order valence-electron chi connectivity index (χ2n) is 6.79. The Labute approximate surface area is 176 Å². The van der Waals surface area contributed by atoms with E-state index in [9.17, 15) is 14.0 Å². The van der Waals surface area contributed by atoms with E-state index in [-0.39, 0.29) is 30.6 Å². The first-order valence-electron chi connectivity index (χ1n) is 9.56. The van der Waals surface area contributed by atoms with Crippen molar-refractivity contribution in [2.45, 2.75) is 6.54 Å². The highest BCUT2D eigenvalue weighted by Crippen LogP contribution is 2.21. The minimum absolute atomic E-state index is 0.0522. The zero-order valence-electron chi connectivity index (χ0n) is 16.7. The number of carbonyl (C=O) groups is 1. The van der Waals surface area contributed by atoms with E-state index >= 15 is 0 Å². The fourth-order valence-corrected chi connectivity index (χ4v) is 3.09. The fraction of sp³-hybridized carbons (Fsp3) is 0.136. The lowest BCUT2D eigenvalue weighted by molar-refractivity contribution is -0.118. The Morgan fingerprint density at radius 1 is 1.10 bits per heavy atom. The number of anilines is 1. The average Bonchev–Trinajstić information content (AvgIpc) is 2.80. The predicted molar refractivity (Wildman–Crippen MR) is 115 cm³/mol. The predicted octanol–water partition coefficient (Wildman–Crippen LogP) is 2.20. The van der Waals surface area contributed by atoms with Gasteiger partial charge in [-0.15, -0.1) is 0 Å². The highest BCUT2D eigenvalue weighted by Gasteiger charge is 2.15. The van der Waals surface area contributed by atoms with Crippen LogP contribution in [0.4, 0.5) is 10.2 Å². The van der Waals surface area contributed by atoms with Crippen LogP contribution < -0.4 is 16.2 Å². The van der Waals surface area contributed by atoms with Crippen molar-refractivity contribution in [3.63, 3.8) is 0 Å². The number of hydrogen-bond acceptors (Lipinski definition) is 6. The molecule has 0 unspecified atom stereocenters. The Morgan fingerprint density at radius 3 is 2.61 bits per heavy atom. The first kappa shape index (κ1) is 20.1. The van der Waals surface area contributed by atoms with Crippen molar-refractivity contribution in [2.24, 2.45) is 0 Å². The van der Waals surface area contributed by atoms with Crippen molar-refractivity contribution in [1.82, 2.24) is 24.8 Å². The number of benzene rings is 1. The van der Waals surface area contributed by atoms with Crippen molar-refractivity contribution in [3.05, 3.63) is 82.7 Å². The third-order valence-corrected chi connectivity index (χ3v) is 4.69. The van der Waals surface area contributed by atoms with Crippen molar-refractivity contribution in [1.29, 1.82) is 0 Å². The minimum Gasteiger partial charge on any atom is -0.358 e. The van der Waals surface area contributed by atoms with Crippen LogP contribution in [0.15, 0.2) is 65.7 Å². The zero-order valence-corrected chi connectivity index (χ0v) is 16.7. The number of fused-ring (bicyclic) bond motifs is 1. The molecule has 0 fully saturated rings. The number of rotatable bonds is 6. The molecule has 0 saturated heterocycles. The molecule has 0 bridgehead atoms. The molecule has 0 saturated carbocycles. The lowest BCUT2D eigenvalue weighted by Gasteiger charge is -2.13. The van der Waals surface area contributed by atoms with Gasteiger partial charge in [0.25, 0.3) is 5.56 Å². The second kappa shape index (κ2) is 8.70. The highest BCUT2D eigenvalue weighted by atomic mass is 19.1. The lowest BCUT2D eigenvalue weighted by Crippen LogP contribution is -2.31. The number of aromatic nitrogens is 4. The molecule has 3 aromatic heterocycles. The Balaban J connectivity index is 1.85. The maximum absolute atomic E-state index is 13.3. The van der Waals surface area contributed by atoms with Gasteiger partial charge in [0.2, 0.25) is 5.91 Å². The van der Waals surface area contributed by atoms with E-state index in [1.165, 1.54) is 23.7 Å². The van der Waals surface area contributed by atoms with Crippen LogP contribution in [0.1, 0.15) is 5.56 Å². The van der Waals surface area contributed by atoms with Crippen LogP contribution in [0.5, 0.6) is 0 Å². The van der Waals surface area contributed by atoms with Crippen LogP contribution in [0.25, 0.3) is 22.4 Å². The van der Waals surface area contributed by atoms with E-state index < -0.39 is 5.56 Å². The molecule has 3 heterocycles. The van der Waals surface area contributed by atoms with E-state index in [0.717, 1.165) is 5.56 Å². The molecule has 156 valence electrons. The maximum Gasteiger partial charge on any atom is 0.295 e. The molecule has 9 heteroatoms. The normalized spacial score (nSPS) is 10.8. The van der Waals surface area contributed by atoms with E-state index in [0.29, 0.717) is 22.4 Å². The van der Waals surface area contributed by atoms with Crippen LogP contribution in [0, 0.1) is 5.82 Å². The van der Waals surface area contributed by atoms with Crippen molar-refractivity contribution >= 4 is 22.9 Å². The molecule has 8 nitrogen and oxygen atoms in total. The summed E-state index contributed by atoms with van der Waals surface area (Å²) in [5.74, 6) is -0.562. The van der Waals surface area contributed by atoms with Gasteiger partial charge in [-0.3, -0.25) is 19.1 Å². The van der Waals surface area contributed by atoms with Gasteiger partial charge >= 0.3 is 0 Å². The molecule has 1 amide bonds. The molecule has 0 radical (unpaired) electrons. The van der Waals surface area contributed by atoms with Gasteiger partial charge in [-0.1, -0.05) is 6.07 Å². The fourth-order valence-electron chi connectivity index (χ4n) is 3.09. The number of nitrogens with zero attached hydrogens (tertiary/aromatic N) is 4.